The Morgan fingerprint density at radius 1 is 1.56 bits per heavy atom. The normalized spacial score (nSPS) is 9.62. The van der Waals surface area contributed by atoms with Crippen molar-refractivity contribution in [1.82, 2.24) is 5.32 Å². The molecule has 1 aromatic carbocycles. The Hall–Kier alpha value is -1.97. The first kappa shape index (κ1) is 12.1. The van der Waals surface area contributed by atoms with E-state index in [1.54, 1.807) is 18.2 Å². The van der Waals surface area contributed by atoms with Gasteiger partial charge in [0.2, 0.25) is 0 Å². The fraction of sp³-hybridized carbons (Fsp3) is 0.250. The number of hydrogen-bond donors (Lipinski definition) is 2. The number of nitrogens with two attached hydrogens (primary N) is 1. The van der Waals surface area contributed by atoms with Crippen LogP contribution in [0.5, 0.6) is 5.75 Å². The van der Waals surface area contributed by atoms with Crippen molar-refractivity contribution < 1.29 is 9.53 Å². The molecule has 1 rings (SSSR count). The summed E-state index contributed by atoms with van der Waals surface area (Å²) >= 11 is 0. The minimum Gasteiger partial charge on any atom is -0.494 e. The number of carbonyl (C=O) groups is 1. The molecule has 86 valence electrons. The van der Waals surface area contributed by atoms with Crippen LogP contribution < -0.4 is 15.8 Å². The molecule has 0 bridgehead atoms. The lowest BCUT2D eigenvalue weighted by Gasteiger charge is -2.10. The number of rotatable bonds is 4. The Balaban J connectivity index is 2.90. The molecule has 0 unspecified atom stereocenters. The number of amides is 1. The number of methoxy groups -OCH3 is 1. The quantitative estimate of drug-likeness (QED) is 0.598. The molecule has 0 saturated heterocycles. The van der Waals surface area contributed by atoms with Gasteiger partial charge in [-0.05, 0) is 19.1 Å². The van der Waals surface area contributed by atoms with E-state index in [0.717, 1.165) is 5.57 Å². The summed E-state index contributed by atoms with van der Waals surface area (Å²) in [5.41, 5.74) is 7.47. The fourth-order valence-electron chi connectivity index (χ4n) is 1.29. The summed E-state index contributed by atoms with van der Waals surface area (Å²) in [7, 11) is 1.49. The predicted molar refractivity (Wildman–Crippen MR) is 64.6 cm³/mol. The largest absolute Gasteiger partial charge is 0.494 e. The first-order chi connectivity index (χ1) is 7.56. The molecule has 1 aromatic rings. The maximum Gasteiger partial charge on any atom is 0.255 e. The Labute approximate surface area is 95.1 Å². The smallest absolute Gasteiger partial charge is 0.255 e. The Bertz CT molecular complexity index is 413. The van der Waals surface area contributed by atoms with E-state index < -0.39 is 0 Å². The molecule has 4 nitrogen and oxygen atoms in total. The lowest BCUT2D eigenvalue weighted by molar-refractivity contribution is 0.0954. The summed E-state index contributed by atoms with van der Waals surface area (Å²) in [6.45, 7) is 6.00. The van der Waals surface area contributed by atoms with Crippen molar-refractivity contribution in [2.24, 2.45) is 0 Å². The predicted octanol–water partition coefficient (Wildman–Crippen LogP) is 1.58. The molecule has 0 aliphatic rings. The molecule has 0 radical (unpaired) electrons. The van der Waals surface area contributed by atoms with Gasteiger partial charge in [-0.15, -0.1) is 0 Å². The lowest BCUT2D eigenvalue weighted by Crippen LogP contribution is -2.25. The fourth-order valence-corrected chi connectivity index (χ4v) is 1.29. The van der Waals surface area contributed by atoms with Gasteiger partial charge < -0.3 is 15.8 Å². The van der Waals surface area contributed by atoms with Crippen LogP contribution in [0.2, 0.25) is 0 Å². The summed E-state index contributed by atoms with van der Waals surface area (Å²) < 4.78 is 5.10. The standard InChI is InChI=1S/C12H16N2O2/c1-8(2)7-14-12(15)9-5-4-6-10(13)11(9)16-3/h4-6H,1,7,13H2,2-3H3,(H,14,15). The highest BCUT2D eigenvalue weighted by Gasteiger charge is 2.13. The highest BCUT2D eigenvalue weighted by Crippen LogP contribution is 2.25. The number of nitrogens with one attached hydrogen (secondary N) is 1. The van der Waals surface area contributed by atoms with Crippen LogP contribution in [-0.2, 0) is 0 Å². The van der Waals surface area contributed by atoms with Crippen LogP contribution in [0.3, 0.4) is 0 Å². The molecular formula is C12H16N2O2. The van der Waals surface area contributed by atoms with Crippen molar-refractivity contribution in [3.8, 4) is 5.75 Å². The van der Waals surface area contributed by atoms with Gasteiger partial charge in [-0.25, -0.2) is 0 Å². The number of nitrogen functional groups attached to an aromatic ring is 1. The van der Waals surface area contributed by atoms with Gasteiger partial charge in [0.25, 0.3) is 5.91 Å². The highest BCUT2D eigenvalue weighted by molar-refractivity contribution is 5.98. The topological polar surface area (TPSA) is 64.4 Å². The zero-order chi connectivity index (χ0) is 12.1. The van der Waals surface area contributed by atoms with Crippen LogP contribution in [0.15, 0.2) is 30.4 Å². The molecule has 16 heavy (non-hydrogen) atoms. The third-order valence-electron chi connectivity index (χ3n) is 2.04. The minimum absolute atomic E-state index is 0.216. The van der Waals surface area contributed by atoms with E-state index >= 15 is 0 Å². The third kappa shape index (κ3) is 2.76. The van der Waals surface area contributed by atoms with E-state index in [1.807, 2.05) is 6.92 Å². The van der Waals surface area contributed by atoms with Crippen molar-refractivity contribution >= 4 is 11.6 Å². The second-order valence-electron chi connectivity index (χ2n) is 3.57. The maximum atomic E-state index is 11.8. The summed E-state index contributed by atoms with van der Waals surface area (Å²) in [6, 6.07) is 5.07. The Kier molecular flexibility index (Phi) is 3.94. The average Bonchev–Trinajstić information content (AvgIpc) is 2.25. The molecule has 0 atom stereocenters. The van der Waals surface area contributed by atoms with Crippen molar-refractivity contribution in [3.63, 3.8) is 0 Å². The molecule has 0 spiro atoms. The van der Waals surface area contributed by atoms with Gasteiger partial charge in [0, 0.05) is 6.54 Å². The summed E-state index contributed by atoms with van der Waals surface area (Å²) in [4.78, 5) is 11.8. The van der Waals surface area contributed by atoms with E-state index in [-0.39, 0.29) is 5.91 Å². The molecule has 0 saturated carbocycles. The van der Waals surface area contributed by atoms with Gasteiger partial charge in [-0.3, -0.25) is 4.79 Å². The van der Waals surface area contributed by atoms with E-state index in [4.69, 9.17) is 10.5 Å². The molecule has 0 aromatic heterocycles. The third-order valence-corrected chi connectivity index (χ3v) is 2.04. The Morgan fingerprint density at radius 3 is 2.81 bits per heavy atom. The molecular weight excluding hydrogens is 204 g/mol. The molecule has 4 heteroatoms. The van der Waals surface area contributed by atoms with Crippen molar-refractivity contribution in [1.29, 1.82) is 0 Å². The zero-order valence-corrected chi connectivity index (χ0v) is 9.54. The van der Waals surface area contributed by atoms with E-state index in [2.05, 4.69) is 11.9 Å². The van der Waals surface area contributed by atoms with Gasteiger partial charge in [0.05, 0.1) is 18.4 Å². The van der Waals surface area contributed by atoms with E-state index in [9.17, 15) is 4.79 Å². The maximum absolute atomic E-state index is 11.8. The number of carbonyl (C=O) groups excluding carboxylic acids is 1. The first-order valence-electron chi connectivity index (χ1n) is 4.91. The number of benzene rings is 1. The van der Waals surface area contributed by atoms with Crippen LogP contribution in [-0.4, -0.2) is 19.6 Å². The summed E-state index contributed by atoms with van der Waals surface area (Å²) in [6.07, 6.45) is 0. The van der Waals surface area contributed by atoms with Gasteiger partial charge in [0.1, 0.15) is 0 Å². The van der Waals surface area contributed by atoms with Gasteiger partial charge in [-0.1, -0.05) is 18.2 Å². The SMILES string of the molecule is C=C(C)CNC(=O)c1cccc(N)c1OC. The molecule has 3 N–H and O–H groups in total. The van der Waals surface area contributed by atoms with E-state index in [1.165, 1.54) is 7.11 Å². The van der Waals surface area contributed by atoms with Crippen LogP contribution in [0.1, 0.15) is 17.3 Å². The molecule has 0 heterocycles. The number of hydrogen-bond acceptors (Lipinski definition) is 3. The Morgan fingerprint density at radius 2 is 2.25 bits per heavy atom. The monoisotopic (exact) mass is 220 g/mol. The molecule has 0 fully saturated rings. The highest BCUT2D eigenvalue weighted by atomic mass is 16.5. The first-order valence-corrected chi connectivity index (χ1v) is 4.91. The van der Waals surface area contributed by atoms with Gasteiger partial charge >= 0.3 is 0 Å². The van der Waals surface area contributed by atoms with Crippen LogP contribution in [0.25, 0.3) is 0 Å². The second-order valence-corrected chi connectivity index (χ2v) is 3.57. The van der Waals surface area contributed by atoms with Gasteiger partial charge in [0.15, 0.2) is 5.75 Å². The van der Waals surface area contributed by atoms with Crippen LogP contribution >= 0.6 is 0 Å². The average molecular weight is 220 g/mol. The second kappa shape index (κ2) is 5.21. The number of anilines is 1. The summed E-state index contributed by atoms with van der Waals surface area (Å²) in [5.74, 6) is 0.189. The molecule has 0 aliphatic carbocycles. The van der Waals surface area contributed by atoms with Crippen molar-refractivity contribution in [2.45, 2.75) is 6.92 Å². The van der Waals surface area contributed by atoms with Crippen molar-refractivity contribution in [3.05, 3.63) is 35.9 Å². The number of para-hydroxylation sites is 1. The molecule has 1 amide bonds. The lowest BCUT2D eigenvalue weighted by atomic mass is 10.1. The minimum atomic E-state index is -0.216. The van der Waals surface area contributed by atoms with Crippen molar-refractivity contribution in [2.75, 3.05) is 19.4 Å². The van der Waals surface area contributed by atoms with Crippen LogP contribution in [0.4, 0.5) is 5.69 Å². The number of ether oxygens (including phenoxy) is 1. The zero-order valence-electron chi connectivity index (χ0n) is 9.54. The van der Waals surface area contributed by atoms with E-state index in [0.29, 0.717) is 23.5 Å². The van der Waals surface area contributed by atoms with Gasteiger partial charge in [-0.2, -0.15) is 0 Å². The summed E-state index contributed by atoms with van der Waals surface area (Å²) in [5, 5.41) is 2.73. The van der Waals surface area contributed by atoms with Crippen LogP contribution in [0, 0.1) is 0 Å². The molecule has 0 aliphatic heterocycles.